The Hall–Kier alpha value is -2.97. The van der Waals surface area contributed by atoms with E-state index in [1.54, 1.807) is 18.2 Å². The summed E-state index contributed by atoms with van der Waals surface area (Å²) in [5.41, 5.74) is 5.32. The van der Waals surface area contributed by atoms with Crippen molar-refractivity contribution in [2.45, 2.75) is 12.8 Å². The summed E-state index contributed by atoms with van der Waals surface area (Å²) in [4.78, 5) is 33.7. The zero-order valence-electron chi connectivity index (χ0n) is 13.6. The van der Waals surface area contributed by atoms with Gasteiger partial charge in [0.1, 0.15) is 11.5 Å². The molecule has 9 nitrogen and oxygen atoms in total. The third-order valence-corrected chi connectivity index (χ3v) is 2.90. The van der Waals surface area contributed by atoms with Crippen LogP contribution in [0.3, 0.4) is 0 Å². The molecule has 0 saturated heterocycles. The smallest absolute Gasteiger partial charge is 0.312 e. The van der Waals surface area contributed by atoms with Crippen molar-refractivity contribution in [3.05, 3.63) is 18.2 Å². The number of hydrogen-bond donors (Lipinski definition) is 3. The summed E-state index contributed by atoms with van der Waals surface area (Å²) in [5, 5.41) is 4.93. The van der Waals surface area contributed by atoms with Crippen molar-refractivity contribution in [3.63, 3.8) is 0 Å². The molecule has 4 N–H and O–H groups in total. The van der Waals surface area contributed by atoms with Crippen LogP contribution >= 0.6 is 0 Å². The fourth-order valence-electron chi connectivity index (χ4n) is 1.75. The molecule has 0 aliphatic heterocycles. The van der Waals surface area contributed by atoms with Crippen LogP contribution in [-0.4, -0.2) is 45.3 Å². The predicted molar refractivity (Wildman–Crippen MR) is 86.0 cm³/mol. The lowest BCUT2D eigenvalue weighted by Crippen LogP contribution is -2.30. The number of amides is 3. The molecule has 0 fully saturated rings. The summed E-state index contributed by atoms with van der Waals surface area (Å²) >= 11 is 0. The second-order valence-corrected chi connectivity index (χ2v) is 4.67. The highest BCUT2D eigenvalue weighted by molar-refractivity contribution is 5.94. The van der Waals surface area contributed by atoms with E-state index in [2.05, 4.69) is 10.6 Å². The molecular weight excluding hydrogens is 318 g/mol. The molecule has 0 heterocycles. The van der Waals surface area contributed by atoms with Crippen molar-refractivity contribution in [1.29, 1.82) is 0 Å². The van der Waals surface area contributed by atoms with Crippen LogP contribution in [0.1, 0.15) is 12.8 Å². The van der Waals surface area contributed by atoms with Crippen molar-refractivity contribution in [2.75, 3.05) is 32.7 Å². The molecule has 1 aromatic rings. The molecule has 0 aliphatic carbocycles. The van der Waals surface area contributed by atoms with Crippen molar-refractivity contribution in [1.82, 2.24) is 5.32 Å². The number of nitrogens with one attached hydrogen (secondary N) is 2. The van der Waals surface area contributed by atoms with Gasteiger partial charge in [0.05, 0.1) is 19.9 Å². The van der Waals surface area contributed by atoms with Crippen LogP contribution in [0.25, 0.3) is 0 Å². The average Bonchev–Trinajstić information content (AvgIpc) is 2.57. The number of carbonyl (C=O) groups excluding carboxylic acids is 3. The van der Waals surface area contributed by atoms with Gasteiger partial charge in [0, 0.05) is 19.0 Å². The fraction of sp³-hybridized carbons (Fsp3) is 0.400. The first kappa shape index (κ1) is 19.1. The van der Waals surface area contributed by atoms with Gasteiger partial charge in [-0.25, -0.2) is 4.79 Å². The molecule has 24 heavy (non-hydrogen) atoms. The lowest BCUT2D eigenvalue weighted by molar-refractivity contribution is -0.147. The summed E-state index contributed by atoms with van der Waals surface area (Å²) < 4.78 is 15.1. The maximum Gasteiger partial charge on any atom is 0.312 e. The first-order chi connectivity index (χ1) is 11.5. The number of nitrogens with two attached hydrogens (primary N) is 1. The normalized spacial score (nSPS) is 9.75. The Balaban J connectivity index is 2.38. The minimum absolute atomic E-state index is 0.0689. The molecule has 0 bridgehead atoms. The van der Waals surface area contributed by atoms with Crippen LogP contribution in [0.2, 0.25) is 0 Å². The SMILES string of the molecule is COc1ccc(NC(=O)COC(=O)CCCNC(N)=O)c(OC)c1. The highest BCUT2D eigenvalue weighted by Gasteiger charge is 2.11. The number of primary amides is 1. The monoisotopic (exact) mass is 339 g/mol. The second-order valence-electron chi connectivity index (χ2n) is 4.67. The van der Waals surface area contributed by atoms with Crippen LogP contribution < -0.4 is 25.8 Å². The van der Waals surface area contributed by atoms with Crippen molar-refractivity contribution < 1.29 is 28.6 Å². The molecule has 3 amide bonds. The summed E-state index contributed by atoms with van der Waals surface area (Å²) in [6, 6.07) is 4.24. The highest BCUT2D eigenvalue weighted by atomic mass is 16.5. The largest absolute Gasteiger partial charge is 0.497 e. The number of hydrogen-bond acceptors (Lipinski definition) is 6. The van der Waals surface area contributed by atoms with Crippen LogP contribution in [0.4, 0.5) is 10.5 Å². The minimum Gasteiger partial charge on any atom is -0.497 e. The zero-order chi connectivity index (χ0) is 17.9. The number of carbonyl (C=O) groups is 3. The van der Waals surface area contributed by atoms with E-state index < -0.39 is 24.5 Å². The van der Waals surface area contributed by atoms with Crippen LogP contribution in [0.5, 0.6) is 11.5 Å². The Morgan fingerprint density at radius 2 is 1.92 bits per heavy atom. The number of methoxy groups -OCH3 is 2. The van der Waals surface area contributed by atoms with E-state index in [-0.39, 0.29) is 13.0 Å². The van der Waals surface area contributed by atoms with E-state index in [9.17, 15) is 14.4 Å². The quantitative estimate of drug-likeness (QED) is 0.447. The topological polar surface area (TPSA) is 129 Å². The van der Waals surface area contributed by atoms with Gasteiger partial charge >= 0.3 is 12.0 Å². The Bertz CT molecular complexity index is 591. The van der Waals surface area contributed by atoms with E-state index in [1.807, 2.05) is 0 Å². The molecule has 0 aromatic heterocycles. The van der Waals surface area contributed by atoms with Gasteiger partial charge in [-0.3, -0.25) is 9.59 Å². The number of urea groups is 1. The van der Waals surface area contributed by atoms with E-state index in [0.717, 1.165) is 0 Å². The highest BCUT2D eigenvalue weighted by Crippen LogP contribution is 2.28. The van der Waals surface area contributed by atoms with Gasteiger partial charge in [-0.05, 0) is 18.6 Å². The molecule has 1 aromatic carbocycles. The number of ether oxygens (including phenoxy) is 3. The van der Waals surface area contributed by atoms with Gasteiger partial charge in [0.2, 0.25) is 0 Å². The first-order valence-electron chi connectivity index (χ1n) is 7.17. The van der Waals surface area contributed by atoms with E-state index in [0.29, 0.717) is 23.6 Å². The van der Waals surface area contributed by atoms with Crippen LogP contribution in [-0.2, 0) is 14.3 Å². The maximum absolute atomic E-state index is 11.8. The summed E-state index contributed by atoms with van der Waals surface area (Å²) in [7, 11) is 2.98. The van der Waals surface area contributed by atoms with Gasteiger partial charge in [0.15, 0.2) is 6.61 Å². The van der Waals surface area contributed by atoms with Gasteiger partial charge < -0.3 is 30.6 Å². The minimum atomic E-state index is -0.656. The first-order valence-corrected chi connectivity index (χ1v) is 7.17. The van der Waals surface area contributed by atoms with Crippen LogP contribution in [0.15, 0.2) is 18.2 Å². The second kappa shape index (κ2) is 9.93. The maximum atomic E-state index is 11.8. The lowest BCUT2D eigenvalue weighted by atomic mass is 10.2. The average molecular weight is 339 g/mol. The van der Waals surface area contributed by atoms with Gasteiger partial charge in [-0.15, -0.1) is 0 Å². The number of esters is 1. The molecule has 0 spiro atoms. The Labute approximate surface area is 139 Å². The standard InChI is InChI=1S/C15H21N3O6/c1-22-10-5-6-11(12(8-10)23-2)18-13(19)9-24-14(20)4-3-7-17-15(16)21/h5-6,8H,3-4,7,9H2,1-2H3,(H,18,19)(H3,16,17,21). The van der Waals surface area contributed by atoms with Gasteiger partial charge in [-0.2, -0.15) is 0 Å². The van der Waals surface area contributed by atoms with E-state index >= 15 is 0 Å². The van der Waals surface area contributed by atoms with Gasteiger partial charge in [0.25, 0.3) is 5.91 Å². The summed E-state index contributed by atoms with van der Waals surface area (Å²) in [6.07, 6.45) is 0.440. The Kier molecular flexibility index (Phi) is 7.89. The molecule has 132 valence electrons. The molecule has 0 radical (unpaired) electrons. The summed E-state index contributed by atoms with van der Waals surface area (Å²) in [6.45, 7) is -0.156. The van der Waals surface area contributed by atoms with E-state index in [4.69, 9.17) is 19.9 Å². The number of rotatable bonds is 9. The number of anilines is 1. The summed E-state index contributed by atoms with van der Waals surface area (Å²) in [5.74, 6) is -0.0346. The van der Waals surface area contributed by atoms with Crippen molar-refractivity contribution in [2.24, 2.45) is 5.73 Å². The van der Waals surface area contributed by atoms with Crippen molar-refractivity contribution in [3.8, 4) is 11.5 Å². The lowest BCUT2D eigenvalue weighted by Gasteiger charge is -2.11. The molecular formula is C15H21N3O6. The molecule has 0 unspecified atom stereocenters. The number of benzene rings is 1. The third kappa shape index (κ3) is 6.86. The molecule has 9 heteroatoms. The predicted octanol–water partition coefficient (Wildman–Crippen LogP) is 0.634. The third-order valence-electron chi connectivity index (χ3n) is 2.90. The molecule has 1 rings (SSSR count). The zero-order valence-corrected chi connectivity index (χ0v) is 13.6. The molecule has 0 aliphatic rings. The fourth-order valence-corrected chi connectivity index (χ4v) is 1.75. The molecule has 0 atom stereocenters. The van der Waals surface area contributed by atoms with Crippen LogP contribution in [0, 0.1) is 0 Å². The Morgan fingerprint density at radius 3 is 2.54 bits per heavy atom. The van der Waals surface area contributed by atoms with E-state index in [1.165, 1.54) is 14.2 Å². The van der Waals surface area contributed by atoms with Crippen molar-refractivity contribution >= 4 is 23.6 Å². The Morgan fingerprint density at radius 1 is 1.17 bits per heavy atom. The molecule has 0 saturated carbocycles. The van der Waals surface area contributed by atoms with Gasteiger partial charge in [-0.1, -0.05) is 0 Å².